The van der Waals surface area contributed by atoms with Gasteiger partial charge in [-0.1, -0.05) is 26.8 Å². The lowest BCUT2D eigenvalue weighted by Crippen LogP contribution is -2.45. The van der Waals surface area contributed by atoms with E-state index in [4.69, 9.17) is 14.6 Å². The number of thiophene rings is 1. The monoisotopic (exact) mass is 515 g/mol. The molecule has 9 heteroatoms. The van der Waals surface area contributed by atoms with Crippen LogP contribution in [-0.4, -0.2) is 52.7 Å². The summed E-state index contributed by atoms with van der Waals surface area (Å²) in [5.41, 5.74) is 4.23. The van der Waals surface area contributed by atoms with Crippen LogP contribution >= 0.6 is 11.3 Å². The molecule has 0 unspecified atom stereocenters. The Hall–Kier alpha value is -2.46. The third kappa shape index (κ3) is 6.08. The number of fused-ring (bicyclic) bond motifs is 2. The van der Waals surface area contributed by atoms with Crippen LogP contribution < -0.4 is 5.32 Å². The summed E-state index contributed by atoms with van der Waals surface area (Å²) in [6.07, 6.45) is 6.56. The van der Waals surface area contributed by atoms with E-state index in [0.29, 0.717) is 6.61 Å². The lowest BCUT2D eigenvalue weighted by atomic mass is 9.85. The molecule has 2 aliphatic rings. The van der Waals surface area contributed by atoms with Gasteiger partial charge in [0, 0.05) is 54.6 Å². The number of nitrogens with zero attached hydrogens (tertiary/aromatic N) is 4. The third-order valence-electron chi connectivity index (χ3n) is 6.65. The van der Waals surface area contributed by atoms with Gasteiger partial charge in [0.05, 0.1) is 12.3 Å². The van der Waals surface area contributed by atoms with Crippen LogP contribution in [0.3, 0.4) is 0 Å². The van der Waals surface area contributed by atoms with Crippen LogP contribution in [-0.2, 0) is 34.6 Å². The van der Waals surface area contributed by atoms with Gasteiger partial charge in [-0.05, 0) is 50.4 Å². The quantitative estimate of drug-likeness (QED) is 0.509. The van der Waals surface area contributed by atoms with Crippen molar-refractivity contribution in [3.8, 4) is 5.82 Å². The first-order valence-electron chi connectivity index (χ1n) is 12.7. The zero-order valence-corrected chi connectivity index (χ0v) is 22.7. The number of likely N-dealkylation sites (tertiary alicyclic amines) is 1. The summed E-state index contributed by atoms with van der Waals surface area (Å²) in [5, 5.41) is 8.05. The van der Waals surface area contributed by atoms with Gasteiger partial charge in [-0.3, -0.25) is 4.90 Å². The predicted molar refractivity (Wildman–Crippen MR) is 142 cm³/mol. The molecule has 5 rings (SSSR count). The fourth-order valence-corrected chi connectivity index (χ4v) is 6.00. The maximum absolute atomic E-state index is 13.9. The molecule has 196 valence electrons. The lowest BCUT2D eigenvalue weighted by molar-refractivity contribution is -0.0980. The van der Waals surface area contributed by atoms with E-state index in [-0.39, 0.29) is 10.7 Å². The summed E-state index contributed by atoms with van der Waals surface area (Å²) >= 11 is 1.28. The van der Waals surface area contributed by atoms with E-state index >= 15 is 0 Å². The van der Waals surface area contributed by atoms with Crippen LogP contribution in [0.2, 0.25) is 0 Å². The molecule has 0 aromatic carbocycles. The number of pyridine rings is 1. The summed E-state index contributed by atoms with van der Waals surface area (Å²) in [6, 6.07) is 5.77. The molecule has 1 N–H and O–H groups in total. The number of nitrogens with one attached hydrogen (secondary N) is 1. The molecular weight excluding hydrogens is 477 g/mol. The number of piperidine rings is 1. The number of hydrogen-bond acceptors (Lipinski definition) is 7. The standard InChI is InChI=1S/C24H30FN5OS.C2H6.CH2O/c1-3-26-14-19-5-4-9-27-23(19)30-16-20(17(2)28-30)15-29-10-7-24(8-11-29)22-18(6-12-31-24)13-21(25)32-22;2*1-2/h4-5,9,13,16,26H,3,6-8,10-12,14-15H2,1-2H3;1-2H3;1H2. The highest BCUT2D eigenvalue weighted by molar-refractivity contribution is 7.10. The first kappa shape index (κ1) is 28.1. The molecule has 0 amide bonds. The van der Waals surface area contributed by atoms with Gasteiger partial charge in [0.2, 0.25) is 0 Å². The molecule has 0 bridgehead atoms. The Morgan fingerprint density at radius 1 is 1.25 bits per heavy atom. The molecule has 0 saturated carbocycles. The van der Waals surface area contributed by atoms with E-state index in [0.717, 1.165) is 79.5 Å². The summed E-state index contributed by atoms with van der Waals surface area (Å²) in [6.45, 7) is 15.2. The maximum atomic E-state index is 13.9. The first-order valence-corrected chi connectivity index (χ1v) is 13.5. The molecule has 3 aromatic rings. The highest BCUT2D eigenvalue weighted by atomic mass is 32.1. The maximum Gasteiger partial charge on any atom is 0.177 e. The highest BCUT2D eigenvalue weighted by Crippen LogP contribution is 2.45. The number of halogens is 1. The van der Waals surface area contributed by atoms with E-state index in [2.05, 4.69) is 41.3 Å². The Bertz CT molecular complexity index is 1110. The molecule has 1 fully saturated rings. The van der Waals surface area contributed by atoms with Gasteiger partial charge in [-0.2, -0.15) is 9.49 Å². The number of ether oxygens (including phenoxy) is 1. The molecule has 0 aliphatic carbocycles. The van der Waals surface area contributed by atoms with E-state index < -0.39 is 0 Å². The number of carbonyl (C=O) groups is 1. The minimum Gasteiger partial charge on any atom is -0.369 e. The minimum atomic E-state index is -0.298. The fourth-order valence-electron chi connectivity index (χ4n) is 4.87. The molecular formula is C27H38FN5O2S. The number of rotatable bonds is 6. The second-order valence-corrected chi connectivity index (χ2v) is 9.73. The van der Waals surface area contributed by atoms with Gasteiger partial charge >= 0.3 is 0 Å². The van der Waals surface area contributed by atoms with Crippen molar-refractivity contribution in [2.75, 3.05) is 26.2 Å². The van der Waals surface area contributed by atoms with E-state index in [9.17, 15) is 4.39 Å². The Morgan fingerprint density at radius 3 is 2.72 bits per heavy atom. The number of hydrogen-bond donors (Lipinski definition) is 1. The Balaban J connectivity index is 0.000000861. The predicted octanol–water partition coefficient (Wildman–Crippen LogP) is 4.79. The van der Waals surface area contributed by atoms with Gasteiger partial charge in [0.15, 0.2) is 10.9 Å². The van der Waals surface area contributed by atoms with Crippen LogP contribution in [0.1, 0.15) is 60.9 Å². The average molecular weight is 516 g/mol. The Morgan fingerprint density at radius 2 is 2.00 bits per heavy atom. The van der Waals surface area contributed by atoms with E-state index in [1.165, 1.54) is 16.9 Å². The Labute approximate surface area is 217 Å². The molecule has 1 saturated heterocycles. The van der Waals surface area contributed by atoms with Gasteiger partial charge in [0.25, 0.3) is 0 Å². The van der Waals surface area contributed by atoms with Crippen molar-refractivity contribution in [2.45, 2.75) is 65.6 Å². The van der Waals surface area contributed by atoms with Crippen molar-refractivity contribution in [1.82, 2.24) is 25.0 Å². The van der Waals surface area contributed by atoms with Crippen LogP contribution in [0.5, 0.6) is 0 Å². The normalized spacial score (nSPS) is 16.5. The van der Waals surface area contributed by atoms with Gasteiger partial charge in [-0.25, -0.2) is 9.67 Å². The second kappa shape index (κ2) is 13.2. The highest BCUT2D eigenvalue weighted by Gasteiger charge is 2.42. The topological polar surface area (TPSA) is 72.3 Å². The number of carbonyl (C=O) groups excluding carboxylic acids is 1. The summed E-state index contributed by atoms with van der Waals surface area (Å²) < 4.78 is 22.1. The van der Waals surface area contributed by atoms with Crippen molar-refractivity contribution in [3.05, 3.63) is 63.0 Å². The molecule has 0 atom stereocenters. The van der Waals surface area contributed by atoms with Crippen molar-refractivity contribution < 1.29 is 13.9 Å². The van der Waals surface area contributed by atoms with E-state index in [1.54, 1.807) is 6.07 Å². The molecule has 5 heterocycles. The zero-order valence-electron chi connectivity index (χ0n) is 21.8. The Kier molecular flexibility index (Phi) is 10.3. The zero-order chi connectivity index (χ0) is 26.1. The van der Waals surface area contributed by atoms with E-state index in [1.807, 2.05) is 37.6 Å². The first-order chi connectivity index (χ1) is 17.6. The summed E-state index contributed by atoms with van der Waals surface area (Å²) in [5.74, 6) is 0.878. The molecule has 3 aromatic heterocycles. The SMILES string of the molecule is C=O.CC.CCNCc1cccnc1-n1cc(CN2CCC3(CC2)OCCc2cc(F)sc23)c(C)n1. The van der Waals surface area contributed by atoms with Crippen molar-refractivity contribution >= 4 is 18.1 Å². The van der Waals surface area contributed by atoms with Crippen LogP contribution in [0.25, 0.3) is 5.82 Å². The summed E-state index contributed by atoms with van der Waals surface area (Å²) in [7, 11) is 0. The largest absolute Gasteiger partial charge is 0.369 e. The molecule has 36 heavy (non-hydrogen) atoms. The number of aromatic nitrogens is 3. The van der Waals surface area contributed by atoms with Crippen LogP contribution in [0, 0.1) is 12.1 Å². The smallest absolute Gasteiger partial charge is 0.177 e. The number of aryl methyl sites for hydroxylation is 1. The van der Waals surface area contributed by atoms with Crippen LogP contribution in [0.15, 0.2) is 30.6 Å². The van der Waals surface area contributed by atoms with Gasteiger partial charge in [0.1, 0.15) is 12.4 Å². The summed E-state index contributed by atoms with van der Waals surface area (Å²) in [4.78, 5) is 16.2. The minimum absolute atomic E-state index is 0.0895. The van der Waals surface area contributed by atoms with Crippen LogP contribution in [0.4, 0.5) is 4.39 Å². The molecule has 1 spiro atoms. The van der Waals surface area contributed by atoms with Gasteiger partial charge in [-0.15, -0.1) is 11.3 Å². The van der Waals surface area contributed by atoms with Crippen molar-refractivity contribution in [3.63, 3.8) is 0 Å². The fraction of sp³-hybridized carbons (Fsp3) is 0.519. The third-order valence-corrected chi connectivity index (χ3v) is 7.80. The molecule has 7 nitrogen and oxygen atoms in total. The molecule has 0 radical (unpaired) electrons. The van der Waals surface area contributed by atoms with Gasteiger partial charge < -0.3 is 14.8 Å². The second-order valence-electron chi connectivity index (χ2n) is 8.72. The molecule has 2 aliphatic heterocycles. The average Bonchev–Trinajstić information content (AvgIpc) is 3.49. The van der Waals surface area contributed by atoms with Crippen molar-refractivity contribution in [2.24, 2.45) is 0 Å². The van der Waals surface area contributed by atoms with Crippen molar-refractivity contribution in [1.29, 1.82) is 0 Å². The lowest BCUT2D eigenvalue weighted by Gasteiger charge is -2.43.